The third-order valence-electron chi connectivity index (χ3n) is 3.31. The van der Waals surface area contributed by atoms with Crippen LogP contribution in [0.5, 0.6) is 0 Å². The zero-order valence-corrected chi connectivity index (χ0v) is 13.5. The molecule has 2 heterocycles. The summed E-state index contributed by atoms with van der Waals surface area (Å²) in [6.45, 7) is 4.81. The molecule has 0 aliphatic carbocycles. The first-order valence-corrected chi connectivity index (χ1v) is 9.05. The number of hydrogen-bond donors (Lipinski definition) is 0. The molecule has 0 unspecified atom stereocenters. The fraction of sp³-hybridized carbons (Fsp3) is 0.615. The van der Waals surface area contributed by atoms with Gasteiger partial charge in [0, 0.05) is 35.8 Å². The second kappa shape index (κ2) is 6.37. The summed E-state index contributed by atoms with van der Waals surface area (Å²) in [6.07, 6.45) is 2.45. The first-order valence-electron chi connectivity index (χ1n) is 6.74. The van der Waals surface area contributed by atoms with Crippen molar-refractivity contribution >= 4 is 25.7 Å². The summed E-state index contributed by atoms with van der Waals surface area (Å²) in [4.78, 5) is 12.2. The Morgan fingerprint density at radius 1 is 1.43 bits per heavy atom. The molecule has 1 aromatic heterocycles. The van der Waals surface area contributed by atoms with Crippen LogP contribution in [0.1, 0.15) is 43.2 Å². The van der Waals surface area contributed by atoms with Crippen LogP contribution in [0.15, 0.2) is 17.2 Å². The third-order valence-corrected chi connectivity index (χ3v) is 4.63. The van der Waals surface area contributed by atoms with E-state index in [4.69, 9.17) is 20.2 Å². The van der Waals surface area contributed by atoms with E-state index in [-0.39, 0.29) is 22.7 Å². The monoisotopic (exact) mass is 335 g/mol. The van der Waals surface area contributed by atoms with Crippen molar-refractivity contribution in [2.24, 2.45) is 0 Å². The van der Waals surface area contributed by atoms with Gasteiger partial charge in [0.05, 0.1) is 13.2 Å². The number of esters is 1. The minimum atomic E-state index is -3.88. The molecule has 1 aliphatic rings. The van der Waals surface area contributed by atoms with Crippen LogP contribution in [0.4, 0.5) is 0 Å². The predicted octanol–water partition coefficient (Wildman–Crippen LogP) is 2.33. The molecule has 1 saturated heterocycles. The van der Waals surface area contributed by atoms with E-state index >= 15 is 0 Å². The fourth-order valence-corrected chi connectivity index (χ4v) is 2.93. The highest BCUT2D eigenvalue weighted by molar-refractivity contribution is 8.13. The van der Waals surface area contributed by atoms with Crippen LogP contribution in [0.25, 0.3) is 0 Å². The SMILES string of the molecule is CC(C)n1cc(S(=O)(=O)Cl)cc1C(=O)OC1CCOCC1. The molecule has 1 aromatic rings. The number of carbonyl (C=O) groups is 1. The smallest absolute Gasteiger partial charge is 0.355 e. The highest BCUT2D eigenvalue weighted by Gasteiger charge is 2.25. The van der Waals surface area contributed by atoms with Gasteiger partial charge in [0.2, 0.25) is 0 Å². The number of aromatic nitrogens is 1. The number of hydrogen-bond acceptors (Lipinski definition) is 5. The van der Waals surface area contributed by atoms with Crippen molar-refractivity contribution in [1.82, 2.24) is 4.57 Å². The Bertz CT molecular complexity index is 617. The first-order chi connectivity index (χ1) is 9.79. The summed E-state index contributed by atoms with van der Waals surface area (Å²) in [5, 5.41) is 0. The maximum atomic E-state index is 12.3. The van der Waals surface area contributed by atoms with Crippen molar-refractivity contribution in [2.75, 3.05) is 13.2 Å². The van der Waals surface area contributed by atoms with Crippen molar-refractivity contribution in [3.8, 4) is 0 Å². The zero-order valence-electron chi connectivity index (χ0n) is 11.9. The first kappa shape index (κ1) is 16.3. The van der Waals surface area contributed by atoms with Crippen molar-refractivity contribution in [3.05, 3.63) is 18.0 Å². The highest BCUT2D eigenvalue weighted by atomic mass is 35.7. The van der Waals surface area contributed by atoms with Crippen molar-refractivity contribution in [1.29, 1.82) is 0 Å². The summed E-state index contributed by atoms with van der Waals surface area (Å²) in [5.74, 6) is -0.540. The molecule has 0 amide bonds. The van der Waals surface area contributed by atoms with E-state index in [9.17, 15) is 13.2 Å². The van der Waals surface area contributed by atoms with E-state index in [0.717, 1.165) is 0 Å². The molecular formula is C13H18ClNO5S. The van der Waals surface area contributed by atoms with Crippen LogP contribution >= 0.6 is 10.7 Å². The summed E-state index contributed by atoms with van der Waals surface area (Å²) < 4.78 is 35.0. The predicted molar refractivity (Wildman–Crippen MR) is 77.1 cm³/mol. The Hall–Kier alpha value is -1.05. The standard InChI is InChI=1S/C13H18ClNO5S/c1-9(2)15-8-11(21(14,17)18)7-12(15)13(16)20-10-3-5-19-6-4-10/h7-10H,3-6H2,1-2H3. The molecule has 8 heteroatoms. The minimum Gasteiger partial charge on any atom is -0.458 e. The lowest BCUT2D eigenvalue weighted by atomic mass is 10.1. The molecule has 6 nitrogen and oxygen atoms in total. The van der Waals surface area contributed by atoms with E-state index in [1.54, 1.807) is 4.57 Å². The molecular weight excluding hydrogens is 318 g/mol. The third kappa shape index (κ3) is 3.99. The van der Waals surface area contributed by atoms with E-state index in [2.05, 4.69) is 0 Å². The van der Waals surface area contributed by atoms with Crippen LogP contribution in [0.2, 0.25) is 0 Å². The number of carbonyl (C=O) groups excluding carboxylic acids is 1. The van der Waals surface area contributed by atoms with Gasteiger partial charge in [-0.3, -0.25) is 0 Å². The number of ether oxygens (including phenoxy) is 2. The maximum Gasteiger partial charge on any atom is 0.355 e. The Morgan fingerprint density at radius 3 is 2.57 bits per heavy atom. The van der Waals surface area contributed by atoms with Crippen LogP contribution in [-0.2, 0) is 18.5 Å². The van der Waals surface area contributed by atoms with Crippen molar-refractivity contribution < 1.29 is 22.7 Å². The average Bonchev–Trinajstić information content (AvgIpc) is 2.85. The minimum absolute atomic E-state index is 0.0885. The average molecular weight is 336 g/mol. The van der Waals surface area contributed by atoms with Gasteiger partial charge in [-0.15, -0.1) is 0 Å². The van der Waals surface area contributed by atoms with Crippen molar-refractivity contribution in [3.63, 3.8) is 0 Å². The van der Waals surface area contributed by atoms with Gasteiger partial charge in [0.25, 0.3) is 9.05 Å². The Balaban J connectivity index is 2.24. The topological polar surface area (TPSA) is 74.6 Å². The summed E-state index contributed by atoms with van der Waals surface area (Å²) in [5.41, 5.74) is 0.190. The molecule has 21 heavy (non-hydrogen) atoms. The number of halogens is 1. The van der Waals surface area contributed by atoms with Crippen LogP contribution in [-0.4, -0.2) is 38.3 Å². The zero-order chi connectivity index (χ0) is 15.6. The molecule has 0 saturated carbocycles. The van der Waals surface area contributed by atoms with Gasteiger partial charge in [0.15, 0.2) is 0 Å². The molecule has 0 radical (unpaired) electrons. The van der Waals surface area contributed by atoms with E-state index in [0.29, 0.717) is 26.1 Å². The maximum absolute atomic E-state index is 12.3. The molecule has 0 N–H and O–H groups in total. The Labute approximate surface area is 128 Å². The Kier molecular flexibility index (Phi) is 4.95. The molecule has 0 atom stereocenters. The number of rotatable bonds is 4. The highest BCUT2D eigenvalue weighted by Crippen LogP contribution is 2.23. The Morgan fingerprint density at radius 2 is 2.05 bits per heavy atom. The largest absolute Gasteiger partial charge is 0.458 e. The van der Waals surface area contributed by atoms with Crippen LogP contribution < -0.4 is 0 Å². The van der Waals surface area contributed by atoms with Crippen LogP contribution in [0, 0.1) is 0 Å². The molecule has 0 spiro atoms. The van der Waals surface area contributed by atoms with Gasteiger partial charge in [-0.05, 0) is 19.9 Å². The van der Waals surface area contributed by atoms with Gasteiger partial charge < -0.3 is 14.0 Å². The summed E-state index contributed by atoms with van der Waals surface area (Å²) >= 11 is 0. The molecule has 0 bridgehead atoms. The quantitative estimate of drug-likeness (QED) is 0.623. The van der Waals surface area contributed by atoms with Gasteiger partial charge >= 0.3 is 5.97 Å². The lowest BCUT2D eigenvalue weighted by Crippen LogP contribution is -2.27. The molecule has 1 aliphatic heterocycles. The van der Waals surface area contributed by atoms with E-state index in [1.165, 1.54) is 12.3 Å². The van der Waals surface area contributed by atoms with Gasteiger partial charge in [-0.2, -0.15) is 0 Å². The lowest BCUT2D eigenvalue weighted by molar-refractivity contribution is -0.0167. The normalized spacial score (nSPS) is 17.1. The second-order valence-electron chi connectivity index (χ2n) is 5.22. The van der Waals surface area contributed by atoms with Gasteiger partial charge in [0.1, 0.15) is 16.7 Å². The second-order valence-corrected chi connectivity index (χ2v) is 7.78. The number of nitrogens with zero attached hydrogens (tertiary/aromatic N) is 1. The molecule has 0 aromatic carbocycles. The summed E-state index contributed by atoms with van der Waals surface area (Å²) in [6, 6.07) is 1.17. The van der Waals surface area contributed by atoms with Crippen molar-refractivity contribution in [2.45, 2.75) is 43.7 Å². The molecule has 1 fully saturated rings. The fourth-order valence-electron chi connectivity index (χ4n) is 2.18. The molecule has 2 rings (SSSR count). The van der Waals surface area contributed by atoms with E-state index in [1.807, 2.05) is 13.8 Å². The summed E-state index contributed by atoms with van der Waals surface area (Å²) in [7, 11) is 1.45. The molecule has 118 valence electrons. The van der Waals surface area contributed by atoms with Gasteiger partial charge in [-0.25, -0.2) is 13.2 Å². The van der Waals surface area contributed by atoms with Crippen LogP contribution in [0.3, 0.4) is 0 Å². The lowest BCUT2D eigenvalue weighted by Gasteiger charge is -2.22. The van der Waals surface area contributed by atoms with E-state index < -0.39 is 15.0 Å². The van der Waals surface area contributed by atoms with Gasteiger partial charge in [-0.1, -0.05) is 0 Å².